The van der Waals surface area contributed by atoms with Gasteiger partial charge in [-0.2, -0.15) is 11.8 Å². The van der Waals surface area contributed by atoms with Gasteiger partial charge in [0.15, 0.2) is 0 Å². The lowest BCUT2D eigenvalue weighted by atomic mass is 10.4. The van der Waals surface area contributed by atoms with Crippen LogP contribution in [-0.2, 0) is 4.74 Å². The highest BCUT2D eigenvalue weighted by atomic mass is 32.2. The predicted molar refractivity (Wildman–Crippen MR) is 51.5 cm³/mol. The van der Waals surface area contributed by atoms with Crippen LogP contribution in [0.15, 0.2) is 0 Å². The molecule has 0 fully saturated rings. The number of aliphatic hydroxyl groups excluding tert-OH is 2. The number of rotatable bonds is 7. The fraction of sp³-hybridized carbons (Fsp3) is 1.00. The van der Waals surface area contributed by atoms with Gasteiger partial charge < -0.3 is 14.9 Å². The average Bonchev–Trinajstić information content (AvgIpc) is 2.10. The van der Waals surface area contributed by atoms with Gasteiger partial charge in [0.25, 0.3) is 0 Å². The normalized spacial score (nSPS) is 16.0. The van der Waals surface area contributed by atoms with Crippen LogP contribution >= 0.6 is 11.8 Å². The molecule has 0 spiro atoms. The Morgan fingerprint density at radius 2 is 2.17 bits per heavy atom. The molecular weight excluding hydrogens is 176 g/mol. The topological polar surface area (TPSA) is 49.7 Å². The molecule has 0 aromatic rings. The van der Waals surface area contributed by atoms with Gasteiger partial charge in [-0.25, -0.2) is 0 Å². The van der Waals surface area contributed by atoms with Gasteiger partial charge in [-0.3, -0.25) is 0 Å². The average molecular weight is 194 g/mol. The molecule has 0 amide bonds. The Morgan fingerprint density at radius 1 is 1.50 bits per heavy atom. The summed E-state index contributed by atoms with van der Waals surface area (Å²) in [6.45, 7) is 5.01. The molecule has 0 radical (unpaired) electrons. The van der Waals surface area contributed by atoms with Crippen LogP contribution in [0.1, 0.15) is 13.8 Å². The summed E-state index contributed by atoms with van der Waals surface area (Å²) in [5.74, 6) is 0.627. The summed E-state index contributed by atoms with van der Waals surface area (Å²) in [7, 11) is 0. The minimum atomic E-state index is -0.413. The quantitative estimate of drug-likeness (QED) is 0.619. The highest BCUT2D eigenvalue weighted by Gasteiger charge is 2.07. The predicted octanol–water partition coefficient (Wildman–Crippen LogP) is 0.498. The van der Waals surface area contributed by atoms with E-state index in [0.717, 1.165) is 0 Å². The molecule has 0 rings (SSSR count). The molecule has 0 heterocycles. The van der Waals surface area contributed by atoms with E-state index < -0.39 is 6.10 Å². The maximum atomic E-state index is 9.30. The Labute approximate surface area is 78.1 Å². The lowest BCUT2D eigenvalue weighted by Crippen LogP contribution is -2.20. The zero-order chi connectivity index (χ0) is 9.40. The summed E-state index contributed by atoms with van der Waals surface area (Å²) in [5.41, 5.74) is 0. The van der Waals surface area contributed by atoms with Crippen LogP contribution in [0.25, 0.3) is 0 Å². The van der Waals surface area contributed by atoms with Crippen molar-refractivity contribution in [2.24, 2.45) is 0 Å². The summed E-state index contributed by atoms with van der Waals surface area (Å²) in [4.78, 5) is 0. The van der Waals surface area contributed by atoms with Crippen molar-refractivity contribution < 1.29 is 14.9 Å². The molecule has 0 aromatic heterocycles. The first-order chi connectivity index (χ1) is 5.70. The molecule has 4 heteroatoms. The van der Waals surface area contributed by atoms with E-state index in [0.29, 0.717) is 19.0 Å². The lowest BCUT2D eigenvalue weighted by molar-refractivity contribution is 0.0550. The molecule has 0 bridgehead atoms. The van der Waals surface area contributed by atoms with Gasteiger partial charge in [0.2, 0.25) is 0 Å². The Morgan fingerprint density at radius 3 is 2.67 bits per heavy atom. The zero-order valence-electron chi connectivity index (χ0n) is 7.69. The highest BCUT2D eigenvalue weighted by molar-refractivity contribution is 7.99. The van der Waals surface area contributed by atoms with Crippen molar-refractivity contribution in [2.75, 3.05) is 25.6 Å². The van der Waals surface area contributed by atoms with E-state index in [1.54, 1.807) is 11.8 Å². The first kappa shape index (κ1) is 12.2. The van der Waals surface area contributed by atoms with E-state index in [-0.39, 0.29) is 11.9 Å². The van der Waals surface area contributed by atoms with Crippen molar-refractivity contribution in [1.82, 2.24) is 0 Å². The van der Waals surface area contributed by atoms with Gasteiger partial charge in [-0.1, -0.05) is 6.92 Å². The molecule has 0 saturated carbocycles. The third-order valence-corrected chi connectivity index (χ3v) is 2.64. The first-order valence-corrected chi connectivity index (χ1v) is 5.23. The van der Waals surface area contributed by atoms with Gasteiger partial charge in [0, 0.05) is 17.6 Å². The number of hydrogen-bond donors (Lipinski definition) is 2. The van der Waals surface area contributed by atoms with E-state index in [2.05, 4.69) is 0 Å². The minimum Gasteiger partial charge on any atom is -0.395 e. The molecule has 2 unspecified atom stereocenters. The van der Waals surface area contributed by atoms with Crippen LogP contribution in [0.2, 0.25) is 0 Å². The summed E-state index contributed by atoms with van der Waals surface area (Å²) in [6, 6.07) is 0. The fourth-order valence-corrected chi connectivity index (χ4v) is 1.38. The second-order valence-corrected chi connectivity index (χ2v) is 4.11. The van der Waals surface area contributed by atoms with E-state index in [1.165, 1.54) is 0 Å². The van der Waals surface area contributed by atoms with E-state index >= 15 is 0 Å². The van der Waals surface area contributed by atoms with Crippen LogP contribution in [0.3, 0.4) is 0 Å². The second-order valence-electron chi connectivity index (χ2n) is 2.64. The third kappa shape index (κ3) is 6.91. The standard InChI is InChI=1S/C8H18O3S/c1-3-11-5-8(10)6-12-7(2)4-9/h7-10H,3-6H2,1-2H3. The molecule has 0 aliphatic heterocycles. The summed E-state index contributed by atoms with van der Waals surface area (Å²) in [6.07, 6.45) is -0.413. The van der Waals surface area contributed by atoms with Crippen molar-refractivity contribution in [2.45, 2.75) is 25.2 Å². The number of thioether (sulfide) groups is 1. The van der Waals surface area contributed by atoms with Gasteiger partial charge in [0.05, 0.1) is 19.3 Å². The first-order valence-electron chi connectivity index (χ1n) is 4.19. The zero-order valence-corrected chi connectivity index (χ0v) is 8.51. The largest absolute Gasteiger partial charge is 0.395 e. The van der Waals surface area contributed by atoms with Crippen LogP contribution in [0.4, 0.5) is 0 Å². The minimum absolute atomic E-state index is 0.159. The number of aliphatic hydroxyl groups is 2. The molecule has 0 aliphatic rings. The van der Waals surface area contributed by atoms with Crippen LogP contribution in [0, 0.1) is 0 Å². The van der Waals surface area contributed by atoms with E-state index in [9.17, 15) is 5.11 Å². The summed E-state index contributed by atoms with van der Waals surface area (Å²) < 4.78 is 5.04. The third-order valence-electron chi connectivity index (χ3n) is 1.34. The van der Waals surface area contributed by atoms with Crippen molar-refractivity contribution in [1.29, 1.82) is 0 Å². The van der Waals surface area contributed by atoms with Gasteiger partial charge in [-0.05, 0) is 6.92 Å². The lowest BCUT2D eigenvalue weighted by Gasteiger charge is -2.12. The maximum Gasteiger partial charge on any atom is 0.0863 e. The van der Waals surface area contributed by atoms with Crippen molar-refractivity contribution in [3.05, 3.63) is 0 Å². The van der Waals surface area contributed by atoms with E-state index in [1.807, 2.05) is 13.8 Å². The van der Waals surface area contributed by atoms with Crippen molar-refractivity contribution in [3.8, 4) is 0 Å². The maximum absolute atomic E-state index is 9.30. The van der Waals surface area contributed by atoms with Crippen molar-refractivity contribution in [3.63, 3.8) is 0 Å². The molecule has 0 aliphatic carbocycles. The van der Waals surface area contributed by atoms with Gasteiger partial charge in [0.1, 0.15) is 0 Å². The van der Waals surface area contributed by atoms with Gasteiger partial charge >= 0.3 is 0 Å². The number of hydrogen-bond acceptors (Lipinski definition) is 4. The Bertz CT molecular complexity index is 100. The summed E-state index contributed by atoms with van der Waals surface area (Å²) in [5, 5.41) is 18.2. The molecule has 3 nitrogen and oxygen atoms in total. The molecule has 74 valence electrons. The summed E-state index contributed by atoms with van der Waals surface area (Å²) >= 11 is 1.55. The monoisotopic (exact) mass is 194 g/mol. The highest BCUT2D eigenvalue weighted by Crippen LogP contribution is 2.10. The molecule has 0 aromatic carbocycles. The van der Waals surface area contributed by atoms with Crippen LogP contribution < -0.4 is 0 Å². The second kappa shape index (κ2) is 7.86. The Balaban J connectivity index is 3.24. The smallest absolute Gasteiger partial charge is 0.0863 e. The molecular formula is C8H18O3S. The molecule has 2 atom stereocenters. The van der Waals surface area contributed by atoms with Crippen LogP contribution in [-0.4, -0.2) is 47.1 Å². The molecule has 2 N–H and O–H groups in total. The van der Waals surface area contributed by atoms with Crippen molar-refractivity contribution >= 4 is 11.8 Å². The van der Waals surface area contributed by atoms with Crippen LogP contribution in [0.5, 0.6) is 0 Å². The molecule has 12 heavy (non-hydrogen) atoms. The SMILES string of the molecule is CCOCC(O)CSC(C)CO. The Hall–Kier alpha value is 0.230. The Kier molecular flexibility index (Phi) is 8.01. The van der Waals surface area contributed by atoms with E-state index in [4.69, 9.17) is 9.84 Å². The fourth-order valence-electron chi connectivity index (χ4n) is 0.630. The van der Waals surface area contributed by atoms with Gasteiger partial charge in [-0.15, -0.1) is 0 Å². The number of ether oxygens (including phenoxy) is 1. The molecule has 0 saturated heterocycles.